The fourth-order valence-electron chi connectivity index (χ4n) is 1.97. The Labute approximate surface area is 129 Å². The molecule has 2 amide bonds. The van der Waals surface area contributed by atoms with Crippen LogP contribution in [0.2, 0.25) is 0 Å². The molecule has 0 saturated carbocycles. The van der Waals surface area contributed by atoms with Crippen molar-refractivity contribution in [3.8, 4) is 0 Å². The van der Waals surface area contributed by atoms with Crippen LogP contribution in [0.3, 0.4) is 0 Å². The first kappa shape index (κ1) is 15.6. The first-order chi connectivity index (χ1) is 10.5. The van der Waals surface area contributed by atoms with E-state index in [-0.39, 0.29) is 11.8 Å². The molecule has 22 heavy (non-hydrogen) atoms. The van der Waals surface area contributed by atoms with Crippen LogP contribution in [0, 0.1) is 0 Å². The van der Waals surface area contributed by atoms with Gasteiger partial charge in [0.1, 0.15) is 0 Å². The standard InChI is InChI=1S/C17H19N3O2/c1-12(21)18-14-7-9-15(10-8-14)19-17(22)13-5-4-6-16(11-13)20(2)3/h4-11H,1-3H3,(H,18,21)(H,19,22). The SMILES string of the molecule is CC(=O)Nc1ccc(NC(=O)c2cccc(N(C)C)c2)cc1. The molecule has 0 aliphatic rings. The van der Waals surface area contributed by atoms with Gasteiger partial charge in [-0.1, -0.05) is 6.07 Å². The minimum Gasteiger partial charge on any atom is -0.378 e. The van der Waals surface area contributed by atoms with Gasteiger partial charge in [0.15, 0.2) is 0 Å². The maximum atomic E-state index is 12.3. The molecule has 0 aromatic heterocycles. The molecule has 0 fully saturated rings. The van der Waals surface area contributed by atoms with Crippen molar-refractivity contribution in [2.24, 2.45) is 0 Å². The summed E-state index contributed by atoms with van der Waals surface area (Å²) < 4.78 is 0. The number of amides is 2. The van der Waals surface area contributed by atoms with Crippen molar-refractivity contribution in [1.82, 2.24) is 0 Å². The topological polar surface area (TPSA) is 61.4 Å². The number of carbonyl (C=O) groups excluding carboxylic acids is 2. The second-order valence-corrected chi connectivity index (χ2v) is 5.16. The van der Waals surface area contributed by atoms with Crippen LogP contribution in [0.25, 0.3) is 0 Å². The summed E-state index contributed by atoms with van der Waals surface area (Å²) in [7, 11) is 3.86. The molecular weight excluding hydrogens is 278 g/mol. The zero-order chi connectivity index (χ0) is 16.1. The molecule has 114 valence electrons. The van der Waals surface area contributed by atoms with Crippen LogP contribution in [0.15, 0.2) is 48.5 Å². The van der Waals surface area contributed by atoms with Gasteiger partial charge in [0.2, 0.25) is 5.91 Å². The van der Waals surface area contributed by atoms with E-state index in [0.717, 1.165) is 5.69 Å². The highest BCUT2D eigenvalue weighted by Crippen LogP contribution is 2.17. The van der Waals surface area contributed by atoms with Crippen LogP contribution < -0.4 is 15.5 Å². The minimum absolute atomic E-state index is 0.128. The van der Waals surface area contributed by atoms with Crippen LogP contribution in [0.4, 0.5) is 17.1 Å². The molecule has 0 unspecified atom stereocenters. The molecule has 0 aliphatic heterocycles. The van der Waals surface area contributed by atoms with E-state index in [2.05, 4.69) is 10.6 Å². The van der Waals surface area contributed by atoms with Crippen molar-refractivity contribution in [2.45, 2.75) is 6.92 Å². The van der Waals surface area contributed by atoms with E-state index in [1.807, 2.05) is 37.2 Å². The van der Waals surface area contributed by atoms with Gasteiger partial charge in [0.05, 0.1) is 0 Å². The van der Waals surface area contributed by atoms with Crippen LogP contribution >= 0.6 is 0 Å². The van der Waals surface area contributed by atoms with Crippen molar-refractivity contribution >= 4 is 28.9 Å². The predicted octanol–water partition coefficient (Wildman–Crippen LogP) is 2.96. The number of hydrogen-bond acceptors (Lipinski definition) is 3. The summed E-state index contributed by atoms with van der Waals surface area (Å²) in [4.78, 5) is 25.2. The molecule has 0 radical (unpaired) electrons. The highest BCUT2D eigenvalue weighted by atomic mass is 16.2. The summed E-state index contributed by atoms with van der Waals surface area (Å²) in [6.45, 7) is 1.45. The largest absolute Gasteiger partial charge is 0.378 e. The van der Waals surface area contributed by atoms with E-state index in [0.29, 0.717) is 16.9 Å². The molecule has 0 aliphatic carbocycles. The van der Waals surface area contributed by atoms with Crippen molar-refractivity contribution < 1.29 is 9.59 Å². The highest BCUT2D eigenvalue weighted by molar-refractivity contribution is 6.05. The second-order valence-electron chi connectivity index (χ2n) is 5.16. The average molecular weight is 297 g/mol. The highest BCUT2D eigenvalue weighted by Gasteiger charge is 2.07. The summed E-state index contributed by atoms with van der Waals surface area (Å²) in [6.07, 6.45) is 0. The molecule has 0 bridgehead atoms. The maximum Gasteiger partial charge on any atom is 0.255 e. The number of hydrogen-bond donors (Lipinski definition) is 2. The van der Waals surface area contributed by atoms with Crippen LogP contribution in [-0.2, 0) is 4.79 Å². The van der Waals surface area contributed by atoms with Crippen molar-refractivity contribution in [3.63, 3.8) is 0 Å². The first-order valence-corrected chi connectivity index (χ1v) is 6.92. The lowest BCUT2D eigenvalue weighted by Crippen LogP contribution is -2.14. The monoisotopic (exact) mass is 297 g/mol. The third kappa shape index (κ3) is 4.09. The lowest BCUT2D eigenvalue weighted by molar-refractivity contribution is -0.114. The van der Waals surface area contributed by atoms with Gasteiger partial charge in [-0.25, -0.2) is 0 Å². The lowest BCUT2D eigenvalue weighted by Gasteiger charge is -2.13. The first-order valence-electron chi connectivity index (χ1n) is 6.92. The summed E-state index contributed by atoms with van der Waals surface area (Å²) in [5.74, 6) is -0.298. The molecule has 5 heteroatoms. The second kappa shape index (κ2) is 6.76. The van der Waals surface area contributed by atoms with Gasteiger partial charge < -0.3 is 15.5 Å². The molecule has 0 atom stereocenters. The Morgan fingerprint density at radius 2 is 1.50 bits per heavy atom. The van der Waals surface area contributed by atoms with E-state index in [1.165, 1.54) is 6.92 Å². The van der Waals surface area contributed by atoms with Crippen molar-refractivity contribution in [2.75, 3.05) is 29.6 Å². The van der Waals surface area contributed by atoms with Gasteiger partial charge in [-0.15, -0.1) is 0 Å². The number of nitrogens with zero attached hydrogens (tertiary/aromatic N) is 1. The van der Waals surface area contributed by atoms with Gasteiger partial charge >= 0.3 is 0 Å². The zero-order valence-corrected chi connectivity index (χ0v) is 12.9. The minimum atomic E-state index is -0.170. The van der Waals surface area contributed by atoms with Gasteiger partial charge in [0, 0.05) is 43.6 Å². The fourth-order valence-corrected chi connectivity index (χ4v) is 1.97. The summed E-state index contributed by atoms with van der Waals surface area (Å²) in [5, 5.41) is 5.51. The molecule has 0 heterocycles. The Morgan fingerprint density at radius 1 is 0.909 bits per heavy atom. The van der Waals surface area contributed by atoms with Crippen molar-refractivity contribution in [1.29, 1.82) is 0 Å². The molecule has 2 rings (SSSR count). The quantitative estimate of drug-likeness (QED) is 0.912. The van der Waals surface area contributed by atoms with E-state index in [1.54, 1.807) is 30.3 Å². The fraction of sp³-hybridized carbons (Fsp3) is 0.176. The van der Waals surface area contributed by atoms with E-state index < -0.39 is 0 Å². The van der Waals surface area contributed by atoms with Crippen molar-refractivity contribution in [3.05, 3.63) is 54.1 Å². The molecule has 2 N–H and O–H groups in total. The Morgan fingerprint density at radius 3 is 2.05 bits per heavy atom. The smallest absolute Gasteiger partial charge is 0.255 e. The van der Waals surface area contributed by atoms with Crippen LogP contribution in [0.5, 0.6) is 0 Å². The summed E-state index contributed by atoms with van der Waals surface area (Å²) >= 11 is 0. The molecule has 0 saturated heterocycles. The number of benzene rings is 2. The third-order valence-corrected chi connectivity index (χ3v) is 3.09. The summed E-state index contributed by atoms with van der Waals surface area (Å²) in [6, 6.07) is 14.4. The molecule has 5 nitrogen and oxygen atoms in total. The Bertz CT molecular complexity index is 679. The number of nitrogens with one attached hydrogen (secondary N) is 2. The van der Waals surface area contributed by atoms with Gasteiger partial charge in [-0.2, -0.15) is 0 Å². The Balaban J connectivity index is 2.08. The molecule has 2 aromatic carbocycles. The third-order valence-electron chi connectivity index (χ3n) is 3.09. The van der Waals surface area contributed by atoms with Gasteiger partial charge in [0.25, 0.3) is 5.91 Å². The zero-order valence-electron chi connectivity index (χ0n) is 12.9. The predicted molar refractivity (Wildman–Crippen MR) is 89.5 cm³/mol. The number of rotatable bonds is 4. The maximum absolute atomic E-state index is 12.3. The molecule has 2 aromatic rings. The Kier molecular flexibility index (Phi) is 4.78. The van der Waals surface area contributed by atoms with E-state index in [4.69, 9.17) is 0 Å². The van der Waals surface area contributed by atoms with E-state index >= 15 is 0 Å². The Hall–Kier alpha value is -2.82. The van der Waals surface area contributed by atoms with Gasteiger partial charge in [-0.3, -0.25) is 9.59 Å². The normalized spacial score (nSPS) is 9.95. The number of carbonyl (C=O) groups is 2. The van der Waals surface area contributed by atoms with Crippen LogP contribution in [0.1, 0.15) is 17.3 Å². The van der Waals surface area contributed by atoms with Gasteiger partial charge in [-0.05, 0) is 42.5 Å². The lowest BCUT2D eigenvalue weighted by atomic mass is 10.1. The molecular formula is C17H19N3O2. The molecule has 0 spiro atoms. The van der Waals surface area contributed by atoms with Crippen LogP contribution in [-0.4, -0.2) is 25.9 Å². The number of anilines is 3. The average Bonchev–Trinajstić information content (AvgIpc) is 2.49. The van der Waals surface area contributed by atoms with E-state index in [9.17, 15) is 9.59 Å². The summed E-state index contributed by atoms with van der Waals surface area (Å²) in [5.41, 5.74) is 2.93.